The van der Waals surface area contributed by atoms with E-state index in [9.17, 15) is 0 Å². The summed E-state index contributed by atoms with van der Waals surface area (Å²) >= 11 is 0. The van der Waals surface area contributed by atoms with Gasteiger partial charge in [-0.15, -0.1) is 0 Å². The predicted molar refractivity (Wildman–Crippen MR) is 82.5 cm³/mol. The molecule has 1 aromatic carbocycles. The average molecular weight is 275 g/mol. The predicted octanol–water partition coefficient (Wildman–Crippen LogP) is 2.61. The van der Waals surface area contributed by atoms with E-state index in [0.29, 0.717) is 12.6 Å². The molecule has 2 rings (SSSR count). The molecule has 1 fully saturated rings. The molecule has 1 aliphatic rings. The SMILES string of the molecule is CC1CCCCCN1CCOc1ccc(C(=N)N)cc1. The second-order valence-electron chi connectivity index (χ2n) is 5.52. The van der Waals surface area contributed by atoms with Gasteiger partial charge in [0.15, 0.2) is 0 Å². The molecule has 1 heterocycles. The zero-order valence-electron chi connectivity index (χ0n) is 12.3. The molecule has 0 spiro atoms. The molecule has 3 N–H and O–H groups in total. The number of nitrogens with zero attached hydrogens (tertiary/aromatic N) is 1. The molecular formula is C16H25N3O. The maximum Gasteiger partial charge on any atom is 0.122 e. The Morgan fingerprint density at radius 2 is 2.05 bits per heavy atom. The van der Waals surface area contributed by atoms with Crippen molar-refractivity contribution in [3.63, 3.8) is 0 Å². The number of amidine groups is 1. The molecule has 0 aliphatic carbocycles. The van der Waals surface area contributed by atoms with Crippen molar-refractivity contribution >= 4 is 5.84 Å². The van der Waals surface area contributed by atoms with Crippen molar-refractivity contribution in [2.45, 2.75) is 38.6 Å². The summed E-state index contributed by atoms with van der Waals surface area (Å²) in [6.07, 6.45) is 5.31. The van der Waals surface area contributed by atoms with Gasteiger partial charge in [-0.25, -0.2) is 0 Å². The third-order valence-electron chi connectivity index (χ3n) is 4.00. The van der Waals surface area contributed by atoms with Gasteiger partial charge in [0, 0.05) is 18.2 Å². The molecular weight excluding hydrogens is 250 g/mol. The van der Waals surface area contributed by atoms with Gasteiger partial charge in [0.05, 0.1) is 0 Å². The molecule has 4 nitrogen and oxygen atoms in total. The van der Waals surface area contributed by atoms with Gasteiger partial charge < -0.3 is 10.5 Å². The van der Waals surface area contributed by atoms with E-state index in [1.165, 1.54) is 32.2 Å². The lowest BCUT2D eigenvalue weighted by Gasteiger charge is -2.26. The summed E-state index contributed by atoms with van der Waals surface area (Å²) in [6, 6.07) is 8.07. The van der Waals surface area contributed by atoms with Crippen molar-refractivity contribution in [3.8, 4) is 5.75 Å². The van der Waals surface area contributed by atoms with Crippen LogP contribution in [0.15, 0.2) is 24.3 Å². The number of benzene rings is 1. The molecule has 1 unspecified atom stereocenters. The summed E-state index contributed by atoms with van der Waals surface area (Å²) in [7, 11) is 0. The molecule has 4 heteroatoms. The number of nitrogen functional groups attached to an aromatic ring is 1. The van der Waals surface area contributed by atoms with Crippen molar-refractivity contribution in [2.24, 2.45) is 5.73 Å². The Balaban J connectivity index is 1.78. The third-order valence-corrected chi connectivity index (χ3v) is 4.00. The standard InChI is InChI=1S/C16H25N3O/c1-13-5-3-2-4-10-19(13)11-12-20-15-8-6-14(7-9-15)16(17)18/h6-9,13H,2-5,10-12H2,1H3,(H3,17,18). The molecule has 0 bridgehead atoms. The fraction of sp³-hybridized carbons (Fsp3) is 0.562. The van der Waals surface area contributed by atoms with Gasteiger partial charge in [-0.3, -0.25) is 10.3 Å². The molecule has 1 aliphatic heterocycles. The van der Waals surface area contributed by atoms with Gasteiger partial charge >= 0.3 is 0 Å². The summed E-state index contributed by atoms with van der Waals surface area (Å²) in [4.78, 5) is 2.52. The Bertz CT molecular complexity index is 430. The topological polar surface area (TPSA) is 62.3 Å². The number of nitrogens with one attached hydrogen (secondary N) is 1. The Morgan fingerprint density at radius 3 is 2.75 bits per heavy atom. The number of ether oxygens (including phenoxy) is 1. The highest BCUT2D eigenvalue weighted by Gasteiger charge is 2.16. The van der Waals surface area contributed by atoms with Crippen molar-refractivity contribution in [1.82, 2.24) is 4.90 Å². The molecule has 110 valence electrons. The quantitative estimate of drug-likeness (QED) is 0.641. The summed E-state index contributed by atoms with van der Waals surface area (Å²) in [5.41, 5.74) is 6.16. The molecule has 1 saturated heterocycles. The smallest absolute Gasteiger partial charge is 0.122 e. The van der Waals surface area contributed by atoms with E-state index in [0.717, 1.165) is 17.9 Å². The van der Waals surface area contributed by atoms with Crippen LogP contribution in [0.4, 0.5) is 0 Å². The van der Waals surface area contributed by atoms with Gasteiger partial charge in [-0.05, 0) is 50.6 Å². The molecule has 20 heavy (non-hydrogen) atoms. The maximum absolute atomic E-state index is 7.35. The normalized spacial score (nSPS) is 20.4. The van der Waals surface area contributed by atoms with Crippen molar-refractivity contribution < 1.29 is 4.74 Å². The fourth-order valence-electron chi connectivity index (χ4n) is 2.68. The van der Waals surface area contributed by atoms with E-state index in [1.54, 1.807) is 0 Å². The van der Waals surface area contributed by atoms with Crippen molar-refractivity contribution in [3.05, 3.63) is 29.8 Å². The van der Waals surface area contributed by atoms with Gasteiger partial charge in [0.1, 0.15) is 18.2 Å². The highest BCUT2D eigenvalue weighted by atomic mass is 16.5. The Labute approximate surface area is 121 Å². The Kier molecular flexibility index (Phi) is 5.41. The minimum absolute atomic E-state index is 0.0925. The van der Waals surface area contributed by atoms with Crippen LogP contribution >= 0.6 is 0 Å². The summed E-state index contributed by atoms with van der Waals surface area (Å²) < 4.78 is 5.78. The van der Waals surface area contributed by atoms with Crippen LogP contribution in [0.25, 0.3) is 0 Å². The highest BCUT2D eigenvalue weighted by Crippen LogP contribution is 2.16. The highest BCUT2D eigenvalue weighted by molar-refractivity contribution is 5.94. The molecule has 0 aromatic heterocycles. The number of likely N-dealkylation sites (tertiary alicyclic amines) is 1. The largest absolute Gasteiger partial charge is 0.492 e. The number of nitrogens with two attached hydrogens (primary N) is 1. The first-order valence-corrected chi connectivity index (χ1v) is 7.48. The minimum Gasteiger partial charge on any atom is -0.492 e. The zero-order valence-corrected chi connectivity index (χ0v) is 12.3. The fourth-order valence-corrected chi connectivity index (χ4v) is 2.68. The lowest BCUT2D eigenvalue weighted by Crippen LogP contribution is -2.35. The van der Waals surface area contributed by atoms with E-state index < -0.39 is 0 Å². The molecule has 0 radical (unpaired) electrons. The van der Waals surface area contributed by atoms with Crippen LogP contribution in [-0.2, 0) is 0 Å². The second-order valence-corrected chi connectivity index (χ2v) is 5.52. The first kappa shape index (κ1) is 14.9. The lowest BCUT2D eigenvalue weighted by molar-refractivity contribution is 0.171. The maximum atomic E-state index is 7.35. The first-order chi connectivity index (χ1) is 9.66. The Hall–Kier alpha value is -1.55. The van der Waals surface area contributed by atoms with Crippen LogP contribution in [0, 0.1) is 5.41 Å². The summed E-state index contributed by atoms with van der Waals surface area (Å²) in [5.74, 6) is 0.937. The van der Waals surface area contributed by atoms with Crippen LogP contribution in [0.5, 0.6) is 5.75 Å². The van der Waals surface area contributed by atoms with Gasteiger partial charge in [-0.2, -0.15) is 0 Å². The first-order valence-electron chi connectivity index (χ1n) is 7.48. The monoisotopic (exact) mass is 275 g/mol. The molecule has 1 aromatic rings. The van der Waals surface area contributed by atoms with E-state index in [1.807, 2.05) is 24.3 Å². The van der Waals surface area contributed by atoms with Crippen LogP contribution < -0.4 is 10.5 Å². The van der Waals surface area contributed by atoms with Crippen LogP contribution in [0.1, 0.15) is 38.2 Å². The summed E-state index contributed by atoms with van der Waals surface area (Å²) in [6.45, 7) is 5.19. The van der Waals surface area contributed by atoms with Gasteiger partial charge in [0.2, 0.25) is 0 Å². The van der Waals surface area contributed by atoms with E-state index in [4.69, 9.17) is 15.9 Å². The number of hydrogen-bond acceptors (Lipinski definition) is 3. The van der Waals surface area contributed by atoms with Gasteiger partial charge in [-0.1, -0.05) is 12.8 Å². The van der Waals surface area contributed by atoms with Crippen molar-refractivity contribution in [2.75, 3.05) is 19.7 Å². The molecule has 0 saturated carbocycles. The Morgan fingerprint density at radius 1 is 1.30 bits per heavy atom. The van der Waals surface area contributed by atoms with Crippen LogP contribution in [0.3, 0.4) is 0 Å². The zero-order chi connectivity index (χ0) is 14.4. The number of rotatable bonds is 5. The van der Waals surface area contributed by atoms with Crippen molar-refractivity contribution in [1.29, 1.82) is 5.41 Å². The summed E-state index contributed by atoms with van der Waals surface area (Å²) in [5, 5.41) is 7.35. The van der Waals surface area contributed by atoms with E-state index >= 15 is 0 Å². The number of hydrogen-bond donors (Lipinski definition) is 2. The molecule has 0 amide bonds. The minimum atomic E-state index is 0.0925. The average Bonchev–Trinajstić information content (AvgIpc) is 2.65. The van der Waals surface area contributed by atoms with E-state index in [-0.39, 0.29) is 5.84 Å². The lowest BCUT2D eigenvalue weighted by atomic mass is 10.1. The second kappa shape index (κ2) is 7.29. The molecule has 1 atom stereocenters. The van der Waals surface area contributed by atoms with Crippen LogP contribution in [-0.4, -0.2) is 36.5 Å². The van der Waals surface area contributed by atoms with Gasteiger partial charge in [0.25, 0.3) is 0 Å². The van der Waals surface area contributed by atoms with Crippen LogP contribution in [0.2, 0.25) is 0 Å². The third kappa shape index (κ3) is 4.23. The van der Waals surface area contributed by atoms with E-state index in [2.05, 4.69) is 11.8 Å².